The molecule has 0 aromatic carbocycles. The van der Waals surface area contributed by atoms with Crippen molar-refractivity contribution in [1.82, 2.24) is 4.98 Å². The summed E-state index contributed by atoms with van der Waals surface area (Å²) < 4.78 is 6.61. The van der Waals surface area contributed by atoms with E-state index in [1.165, 1.54) is 10.1 Å². The van der Waals surface area contributed by atoms with Crippen LogP contribution in [0.2, 0.25) is 0 Å². The summed E-state index contributed by atoms with van der Waals surface area (Å²) in [6, 6.07) is 4.14. The summed E-state index contributed by atoms with van der Waals surface area (Å²) in [6.45, 7) is 1.50. The number of rotatable bonds is 4. The monoisotopic (exact) mass is 292 g/mol. The second kappa shape index (κ2) is 5.76. The average Bonchev–Trinajstić information content (AvgIpc) is 2.94. The average molecular weight is 292 g/mol. The van der Waals surface area contributed by atoms with E-state index in [-0.39, 0.29) is 12.7 Å². The van der Waals surface area contributed by atoms with Crippen LogP contribution in [0.1, 0.15) is 12.8 Å². The Labute approximate surface area is 120 Å². The Hall–Kier alpha value is -1.66. The van der Waals surface area contributed by atoms with E-state index >= 15 is 0 Å². The quantitative estimate of drug-likeness (QED) is 0.937. The maximum atomic E-state index is 10.5. The molecule has 3 heterocycles. The molecule has 0 atom stereocenters. The van der Waals surface area contributed by atoms with E-state index in [4.69, 9.17) is 9.84 Å². The van der Waals surface area contributed by atoms with Crippen molar-refractivity contribution in [2.45, 2.75) is 18.9 Å². The molecule has 1 fully saturated rings. The molecule has 0 radical (unpaired) electrons. The van der Waals surface area contributed by atoms with Crippen molar-refractivity contribution < 1.29 is 14.6 Å². The minimum absolute atomic E-state index is 0.0454. The van der Waals surface area contributed by atoms with Crippen molar-refractivity contribution in [2.24, 2.45) is 0 Å². The highest BCUT2D eigenvalue weighted by molar-refractivity contribution is 7.17. The summed E-state index contributed by atoms with van der Waals surface area (Å²) in [5, 5.41) is 11.9. The van der Waals surface area contributed by atoms with Gasteiger partial charge in [0.15, 0.2) is 0 Å². The van der Waals surface area contributed by atoms with Gasteiger partial charge in [0.2, 0.25) is 0 Å². The Morgan fingerprint density at radius 1 is 1.45 bits per heavy atom. The number of nitrogens with zero attached hydrogens (tertiary/aromatic N) is 2. The zero-order chi connectivity index (χ0) is 13.9. The van der Waals surface area contributed by atoms with Crippen molar-refractivity contribution >= 4 is 33.2 Å². The number of carboxylic acids is 1. The van der Waals surface area contributed by atoms with E-state index in [9.17, 15) is 4.79 Å². The smallest absolute Gasteiger partial charge is 0.329 e. The first kappa shape index (κ1) is 13.3. The Kier molecular flexibility index (Phi) is 3.84. The minimum atomic E-state index is -0.905. The van der Waals surface area contributed by atoms with E-state index in [0.717, 1.165) is 31.7 Å². The van der Waals surface area contributed by atoms with Gasteiger partial charge in [-0.2, -0.15) is 0 Å². The number of carbonyl (C=O) groups is 1. The van der Waals surface area contributed by atoms with E-state index in [1.807, 2.05) is 12.3 Å². The minimum Gasteiger partial charge on any atom is -0.480 e. The van der Waals surface area contributed by atoms with Crippen molar-refractivity contribution in [1.29, 1.82) is 0 Å². The summed E-state index contributed by atoms with van der Waals surface area (Å²) in [5.41, 5.74) is 0. The molecule has 0 bridgehead atoms. The largest absolute Gasteiger partial charge is 0.480 e. The molecule has 1 aliphatic rings. The van der Waals surface area contributed by atoms with E-state index in [0.29, 0.717) is 0 Å². The van der Waals surface area contributed by atoms with Gasteiger partial charge in [-0.05, 0) is 30.4 Å². The van der Waals surface area contributed by atoms with Crippen LogP contribution in [0.4, 0.5) is 5.82 Å². The van der Waals surface area contributed by atoms with Crippen LogP contribution in [0.3, 0.4) is 0 Å². The van der Waals surface area contributed by atoms with Gasteiger partial charge in [0.05, 0.1) is 6.10 Å². The molecule has 0 unspecified atom stereocenters. The number of ether oxygens (including phenoxy) is 1. The summed E-state index contributed by atoms with van der Waals surface area (Å²) in [7, 11) is 0. The third-order valence-electron chi connectivity index (χ3n) is 3.54. The van der Waals surface area contributed by atoms with Crippen molar-refractivity contribution in [2.75, 3.05) is 24.6 Å². The molecule has 1 N–H and O–H groups in total. The molecule has 20 heavy (non-hydrogen) atoms. The Balaban J connectivity index is 1.66. The maximum Gasteiger partial charge on any atom is 0.329 e. The second-order valence-corrected chi connectivity index (χ2v) is 5.81. The third-order valence-corrected chi connectivity index (χ3v) is 4.42. The fraction of sp³-hybridized carbons (Fsp3) is 0.429. The SMILES string of the molecule is O=C(O)COC1CCN(c2nccc3sccc23)CC1. The lowest BCUT2D eigenvalue weighted by Crippen LogP contribution is -2.38. The van der Waals surface area contributed by atoms with Gasteiger partial charge in [0.25, 0.3) is 0 Å². The van der Waals surface area contributed by atoms with Crippen molar-refractivity contribution in [3.63, 3.8) is 0 Å². The topological polar surface area (TPSA) is 62.7 Å². The fourth-order valence-electron chi connectivity index (χ4n) is 2.56. The lowest BCUT2D eigenvalue weighted by molar-refractivity contribution is -0.144. The highest BCUT2D eigenvalue weighted by Gasteiger charge is 2.22. The second-order valence-electron chi connectivity index (χ2n) is 4.86. The molecular weight excluding hydrogens is 276 g/mol. The first-order valence-corrected chi connectivity index (χ1v) is 7.52. The molecule has 106 valence electrons. The third kappa shape index (κ3) is 2.76. The zero-order valence-corrected chi connectivity index (χ0v) is 11.8. The molecule has 1 aliphatic heterocycles. The highest BCUT2D eigenvalue weighted by atomic mass is 32.1. The summed E-state index contributed by atoms with van der Waals surface area (Å²) in [6.07, 6.45) is 3.58. The first-order valence-electron chi connectivity index (χ1n) is 6.64. The van der Waals surface area contributed by atoms with Gasteiger partial charge in [-0.1, -0.05) is 0 Å². The molecule has 2 aromatic heterocycles. The van der Waals surface area contributed by atoms with Crippen LogP contribution in [0.15, 0.2) is 23.7 Å². The summed E-state index contributed by atoms with van der Waals surface area (Å²) in [4.78, 5) is 17.3. The number of thiophene rings is 1. The van der Waals surface area contributed by atoms with Crippen LogP contribution in [0.5, 0.6) is 0 Å². The predicted molar refractivity (Wildman–Crippen MR) is 78.4 cm³/mol. The van der Waals surface area contributed by atoms with Gasteiger partial charge in [-0.25, -0.2) is 9.78 Å². The first-order chi connectivity index (χ1) is 9.74. The lowest BCUT2D eigenvalue weighted by atomic mass is 10.1. The van der Waals surface area contributed by atoms with Crippen LogP contribution >= 0.6 is 11.3 Å². The van der Waals surface area contributed by atoms with Gasteiger partial charge >= 0.3 is 5.97 Å². The Morgan fingerprint density at radius 3 is 3.00 bits per heavy atom. The van der Waals surface area contributed by atoms with Crippen LogP contribution in [0, 0.1) is 0 Å². The normalized spacial score (nSPS) is 16.7. The van der Waals surface area contributed by atoms with E-state index < -0.39 is 5.97 Å². The number of fused-ring (bicyclic) bond motifs is 1. The molecule has 0 spiro atoms. The Morgan fingerprint density at radius 2 is 2.25 bits per heavy atom. The molecule has 0 amide bonds. The molecular formula is C14H16N2O3S. The van der Waals surface area contributed by atoms with Gasteiger partial charge < -0.3 is 14.7 Å². The van der Waals surface area contributed by atoms with Gasteiger partial charge in [-0.3, -0.25) is 0 Å². The Bertz CT molecular complexity index is 605. The number of carboxylic acid groups (broad SMARTS) is 1. The summed E-state index contributed by atoms with van der Waals surface area (Å²) in [5.74, 6) is 0.123. The number of piperidine rings is 1. The zero-order valence-electron chi connectivity index (χ0n) is 11.0. The van der Waals surface area contributed by atoms with Gasteiger partial charge in [0, 0.05) is 29.4 Å². The van der Waals surface area contributed by atoms with Crippen LogP contribution in [-0.4, -0.2) is 41.9 Å². The predicted octanol–water partition coefficient (Wildman–Crippen LogP) is 2.37. The fourth-order valence-corrected chi connectivity index (χ4v) is 3.33. The number of pyridine rings is 1. The molecule has 2 aromatic rings. The number of hydrogen-bond donors (Lipinski definition) is 1. The number of aromatic nitrogens is 1. The molecule has 0 saturated carbocycles. The molecule has 1 saturated heterocycles. The van der Waals surface area contributed by atoms with Crippen molar-refractivity contribution in [3.05, 3.63) is 23.7 Å². The molecule has 5 nitrogen and oxygen atoms in total. The summed E-state index contributed by atoms with van der Waals surface area (Å²) >= 11 is 1.72. The van der Waals surface area contributed by atoms with Crippen LogP contribution < -0.4 is 4.90 Å². The van der Waals surface area contributed by atoms with E-state index in [1.54, 1.807) is 11.3 Å². The van der Waals surface area contributed by atoms with E-state index in [2.05, 4.69) is 21.3 Å². The van der Waals surface area contributed by atoms with Gasteiger partial charge in [0.1, 0.15) is 12.4 Å². The molecule has 0 aliphatic carbocycles. The standard InChI is InChI=1S/C14H16N2O3S/c17-13(18)9-19-10-2-6-16(7-3-10)14-11-4-8-20-12(11)1-5-15-14/h1,4-5,8,10H,2-3,6-7,9H2,(H,17,18). The molecule has 6 heteroatoms. The number of aliphatic carboxylic acids is 1. The lowest BCUT2D eigenvalue weighted by Gasteiger charge is -2.32. The number of anilines is 1. The number of hydrogen-bond acceptors (Lipinski definition) is 5. The van der Waals surface area contributed by atoms with Crippen LogP contribution in [-0.2, 0) is 9.53 Å². The highest BCUT2D eigenvalue weighted by Crippen LogP contribution is 2.30. The maximum absolute atomic E-state index is 10.5. The van der Waals surface area contributed by atoms with Crippen molar-refractivity contribution in [3.8, 4) is 0 Å². The van der Waals surface area contributed by atoms with Crippen LogP contribution in [0.25, 0.3) is 10.1 Å². The molecule has 3 rings (SSSR count). The van der Waals surface area contributed by atoms with Gasteiger partial charge in [-0.15, -0.1) is 11.3 Å².